The molecule has 5 rings (SSSR count). The molecule has 34 heavy (non-hydrogen) atoms. The molecule has 0 amide bonds. The Labute approximate surface area is 209 Å². The van der Waals surface area contributed by atoms with Gasteiger partial charge in [-0.25, -0.2) is 9.59 Å². The number of thiophene rings is 1. The van der Waals surface area contributed by atoms with Crippen LogP contribution in [0, 0.1) is 11.3 Å². The van der Waals surface area contributed by atoms with E-state index >= 15 is 0 Å². The number of carbonyl (C=O) groups excluding carboxylic acids is 2. The summed E-state index contributed by atoms with van der Waals surface area (Å²) in [6, 6.07) is 8.90. The second-order valence-electron chi connectivity index (χ2n) is 9.47. The first-order valence-electron chi connectivity index (χ1n) is 11.5. The van der Waals surface area contributed by atoms with Crippen LogP contribution in [0.5, 0.6) is 5.75 Å². The van der Waals surface area contributed by atoms with Gasteiger partial charge in [-0.05, 0) is 48.8 Å². The predicted molar refractivity (Wildman–Crippen MR) is 134 cm³/mol. The quantitative estimate of drug-likeness (QED) is 0.488. The molecule has 2 N–H and O–H groups in total. The maximum absolute atomic E-state index is 12.4. The van der Waals surface area contributed by atoms with Crippen molar-refractivity contribution in [3.63, 3.8) is 0 Å². The van der Waals surface area contributed by atoms with E-state index in [1.165, 1.54) is 24.9 Å². The molecule has 0 spiro atoms. The number of esters is 2. The minimum atomic E-state index is -0.570. The Bertz CT molecular complexity index is 1070. The van der Waals surface area contributed by atoms with Crippen LogP contribution in [0.2, 0.25) is 5.02 Å². The van der Waals surface area contributed by atoms with Crippen molar-refractivity contribution >= 4 is 40.6 Å². The maximum atomic E-state index is 12.4. The number of fused-ring (bicyclic) bond motifs is 3. The number of rotatable bonds is 8. The highest BCUT2D eigenvalue weighted by atomic mass is 35.5. The maximum Gasteiger partial charge on any atom is 0.351 e. The monoisotopic (exact) mass is 506 g/mol. The zero-order chi connectivity index (χ0) is 24.5. The van der Waals surface area contributed by atoms with Gasteiger partial charge in [0, 0.05) is 24.3 Å². The zero-order valence-electron chi connectivity index (χ0n) is 19.9. The van der Waals surface area contributed by atoms with Crippen molar-refractivity contribution in [1.29, 1.82) is 0 Å². The Balaban J connectivity index is 1.57. The van der Waals surface area contributed by atoms with Gasteiger partial charge in [0.1, 0.15) is 5.02 Å². The molecule has 3 atom stereocenters. The van der Waals surface area contributed by atoms with Gasteiger partial charge in [0.05, 0.1) is 18.6 Å². The fraction of sp³-hybridized carbons (Fsp3) is 0.520. The largest absolute Gasteiger partial charge is 0.479 e. The lowest BCUT2D eigenvalue weighted by Crippen LogP contribution is -2.61. The van der Waals surface area contributed by atoms with Crippen LogP contribution in [0.4, 0.5) is 5.69 Å². The molecule has 2 aromatic rings. The molecule has 2 bridgehead atoms. The number of halogens is 1. The van der Waals surface area contributed by atoms with E-state index in [1.807, 2.05) is 24.3 Å². The number of hydrogen-bond acceptors (Lipinski definition) is 8. The fourth-order valence-electron chi connectivity index (χ4n) is 5.01. The normalized spacial score (nSPS) is 22.8. The molecule has 1 aromatic heterocycles. The lowest BCUT2D eigenvalue weighted by atomic mass is 9.63. The topological polar surface area (TPSA) is 85.9 Å². The number of nitrogens with one attached hydrogen (secondary N) is 2. The van der Waals surface area contributed by atoms with Crippen molar-refractivity contribution in [3.8, 4) is 16.2 Å². The Kier molecular flexibility index (Phi) is 7.40. The van der Waals surface area contributed by atoms with Crippen LogP contribution in [-0.4, -0.2) is 50.9 Å². The van der Waals surface area contributed by atoms with Gasteiger partial charge in [-0.15, -0.1) is 11.3 Å². The molecule has 3 fully saturated rings. The summed E-state index contributed by atoms with van der Waals surface area (Å²) >= 11 is 7.83. The summed E-state index contributed by atoms with van der Waals surface area (Å²) in [4.78, 5) is 25.0. The summed E-state index contributed by atoms with van der Waals surface area (Å²) in [5, 5.41) is 7.68. The third kappa shape index (κ3) is 5.04. The molecule has 9 heteroatoms. The van der Waals surface area contributed by atoms with E-state index in [4.69, 9.17) is 25.8 Å². The van der Waals surface area contributed by atoms with Crippen LogP contribution in [0.15, 0.2) is 24.3 Å². The van der Waals surface area contributed by atoms with E-state index in [0.717, 1.165) is 24.2 Å². The van der Waals surface area contributed by atoms with Crippen molar-refractivity contribution < 1.29 is 23.8 Å². The van der Waals surface area contributed by atoms with Crippen LogP contribution in [0.1, 0.15) is 43.3 Å². The van der Waals surface area contributed by atoms with Gasteiger partial charge in [0.2, 0.25) is 0 Å². The summed E-state index contributed by atoms with van der Waals surface area (Å²) in [7, 11) is 1.29. The first-order chi connectivity index (χ1) is 16.2. The Morgan fingerprint density at radius 2 is 2.12 bits per heavy atom. The minimum absolute atomic E-state index is 0.137. The molecule has 1 saturated carbocycles. The molecule has 3 heterocycles. The van der Waals surface area contributed by atoms with Gasteiger partial charge < -0.3 is 24.8 Å². The van der Waals surface area contributed by atoms with E-state index in [-0.39, 0.29) is 28.9 Å². The number of anilines is 1. The van der Waals surface area contributed by atoms with Gasteiger partial charge in [0.15, 0.2) is 17.2 Å². The SMILES string of the molecule is CCOC(=O)COc1c(C(=O)OC)sc(-c2cccc(NC3CC4NCC3CC4(C)C)c2)c1Cl. The van der Waals surface area contributed by atoms with Crippen LogP contribution in [-0.2, 0) is 14.3 Å². The van der Waals surface area contributed by atoms with Crippen LogP contribution in [0.3, 0.4) is 0 Å². The molecule has 2 saturated heterocycles. The number of ether oxygens (including phenoxy) is 3. The second-order valence-corrected chi connectivity index (χ2v) is 10.9. The molecule has 1 aliphatic carbocycles. The molecule has 1 aromatic carbocycles. The van der Waals surface area contributed by atoms with E-state index in [1.54, 1.807) is 6.92 Å². The molecular weight excluding hydrogens is 476 g/mol. The lowest BCUT2D eigenvalue weighted by molar-refractivity contribution is -0.145. The molecule has 7 nitrogen and oxygen atoms in total. The van der Waals surface area contributed by atoms with E-state index in [9.17, 15) is 9.59 Å². The third-order valence-corrected chi connectivity index (χ3v) is 8.39. The number of piperidine rings is 2. The standard InChI is InChI=1S/C25H31ClN2O5S/c1-5-32-19(29)13-33-21-20(26)22(34-23(21)24(30)31-4)14-7-6-8-16(9-14)28-17-10-18-25(2,3)11-15(17)12-27-18/h6-9,15,17-18,27-28H,5,10-13H2,1-4H3. The number of methoxy groups -OCH3 is 1. The molecule has 0 radical (unpaired) electrons. The summed E-state index contributed by atoms with van der Waals surface area (Å²) in [5.41, 5.74) is 2.18. The smallest absolute Gasteiger partial charge is 0.351 e. The van der Waals surface area contributed by atoms with Crippen molar-refractivity contribution in [1.82, 2.24) is 5.32 Å². The summed E-state index contributed by atoms with van der Waals surface area (Å²) in [5.74, 6) is -0.395. The first kappa shape index (κ1) is 24.8. The zero-order valence-corrected chi connectivity index (χ0v) is 21.5. The van der Waals surface area contributed by atoms with Crippen molar-refractivity contribution in [2.75, 3.05) is 32.2 Å². The lowest BCUT2D eigenvalue weighted by Gasteiger charge is -2.53. The third-order valence-electron chi connectivity index (χ3n) is 6.71. The highest BCUT2D eigenvalue weighted by Gasteiger charge is 2.45. The summed E-state index contributed by atoms with van der Waals surface area (Å²) in [6.45, 7) is 7.32. The first-order valence-corrected chi connectivity index (χ1v) is 12.7. The van der Waals surface area contributed by atoms with E-state index < -0.39 is 11.9 Å². The average molecular weight is 507 g/mol. The predicted octanol–water partition coefficient (Wildman–Crippen LogP) is 4.99. The van der Waals surface area contributed by atoms with Crippen LogP contribution >= 0.6 is 22.9 Å². The molecule has 184 valence electrons. The summed E-state index contributed by atoms with van der Waals surface area (Å²) in [6.07, 6.45) is 2.28. The van der Waals surface area contributed by atoms with Crippen LogP contribution in [0.25, 0.3) is 10.4 Å². The molecule has 3 unspecified atom stereocenters. The van der Waals surface area contributed by atoms with Crippen molar-refractivity contribution in [2.24, 2.45) is 11.3 Å². The number of benzene rings is 1. The number of hydrogen-bond donors (Lipinski definition) is 2. The minimum Gasteiger partial charge on any atom is -0.479 e. The Hall–Kier alpha value is -2.29. The van der Waals surface area contributed by atoms with Crippen molar-refractivity contribution in [3.05, 3.63) is 34.2 Å². The Morgan fingerprint density at radius 3 is 2.76 bits per heavy atom. The van der Waals surface area contributed by atoms with Gasteiger partial charge in [0.25, 0.3) is 0 Å². The van der Waals surface area contributed by atoms with Gasteiger partial charge in [-0.2, -0.15) is 0 Å². The van der Waals surface area contributed by atoms with Crippen molar-refractivity contribution in [2.45, 2.75) is 45.7 Å². The Morgan fingerprint density at radius 1 is 1.32 bits per heavy atom. The average Bonchev–Trinajstić information content (AvgIpc) is 3.14. The fourth-order valence-corrected chi connectivity index (χ4v) is 6.49. The second kappa shape index (κ2) is 10.1. The van der Waals surface area contributed by atoms with E-state index in [2.05, 4.69) is 24.5 Å². The highest BCUT2D eigenvalue weighted by Crippen LogP contribution is 2.47. The summed E-state index contributed by atoms with van der Waals surface area (Å²) < 4.78 is 15.4. The molecule has 2 aliphatic heterocycles. The van der Waals surface area contributed by atoms with E-state index in [0.29, 0.717) is 28.3 Å². The molecular formula is C25H31ClN2O5S. The highest BCUT2D eigenvalue weighted by molar-refractivity contribution is 7.18. The van der Waals surface area contributed by atoms with Crippen LogP contribution < -0.4 is 15.4 Å². The number of carbonyl (C=O) groups is 2. The van der Waals surface area contributed by atoms with Gasteiger partial charge in [-0.3, -0.25) is 0 Å². The molecule has 3 aliphatic rings. The van der Waals surface area contributed by atoms with Gasteiger partial charge >= 0.3 is 11.9 Å². The van der Waals surface area contributed by atoms with Gasteiger partial charge in [-0.1, -0.05) is 37.6 Å².